The molecule has 0 spiro atoms. The summed E-state index contributed by atoms with van der Waals surface area (Å²) in [4.78, 5) is 15.5. The molecule has 2 aromatic rings. The minimum absolute atomic E-state index is 0.238. The van der Waals surface area contributed by atoms with Crippen LogP contribution in [-0.2, 0) is 14.9 Å². The van der Waals surface area contributed by atoms with Crippen LogP contribution in [0.3, 0.4) is 0 Å². The van der Waals surface area contributed by atoms with Crippen molar-refractivity contribution in [2.24, 2.45) is 0 Å². The second-order valence-electron chi connectivity index (χ2n) is 9.84. The van der Waals surface area contributed by atoms with Crippen molar-refractivity contribution in [1.29, 1.82) is 0 Å². The van der Waals surface area contributed by atoms with Crippen molar-refractivity contribution in [3.05, 3.63) is 54.1 Å². The van der Waals surface area contributed by atoms with Gasteiger partial charge in [-0.3, -0.25) is 4.90 Å². The summed E-state index contributed by atoms with van der Waals surface area (Å²) in [6.07, 6.45) is 1.11. The van der Waals surface area contributed by atoms with Crippen LogP contribution in [-0.4, -0.2) is 63.2 Å². The first-order valence-corrected chi connectivity index (χ1v) is 12.8. The van der Waals surface area contributed by atoms with Gasteiger partial charge in [-0.2, -0.15) is 8.42 Å². The van der Waals surface area contributed by atoms with E-state index in [0.717, 1.165) is 19.5 Å². The zero-order chi connectivity index (χ0) is 23.4. The highest BCUT2D eigenvalue weighted by atomic mass is 32.2. The highest BCUT2D eigenvalue weighted by Crippen LogP contribution is 2.47. The lowest BCUT2D eigenvalue weighted by Gasteiger charge is -2.29. The molecule has 3 aliphatic rings. The molecule has 2 atom stereocenters. The number of nitrogens with zero attached hydrogens (tertiary/aromatic N) is 3. The van der Waals surface area contributed by atoms with E-state index in [1.54, 1.807) is 63.2 Å². The summed E-state index contributed by atoms with van der Waals surface area (Å²) in [7, 11) is -3.93. The summed E-state index contributed by atoms with van der Waals surface area (Å²) in [5, 5.41) is 3.48. The molecule has 2 fully saturated rings. The standard InChI is InChI=1S/C24H30N4O4S/c1-24(2,3)32-23(29)20-10-7-11-21-22(20)28(18-8-5-4-6-9-18)33(30,31)27(21)13-12-26-16-17-14-19(26)15-25-17/h4-11,17,19,25H,12-16H2,1-3H3. The maximum absolute atomic E-state index is 13.8. The van der Waals surface area contributed by atoms with E-state index in [2.05, 4.69) is 10.2 Å². The van der Waals surface area contributed by atoms with Crippen molar-refractivity contribution in [3.63, 3.8) is 0 Å². The number of piperazine rings is 1. The predicted octanol–water partition coefficient (Wildman–Crippen LogP) is 2.89. The van der Waals surface area contributed by atoms with Crippen LogP contribution < -0.4 is 13.9 Å². The summed E-state index contributed by atoms with van der Waals surface area (Å²) in [5.41, 5.74) is 0.883. The van der Waals surface area contributed by atoms with Crippen LogP contribution in [0.25, 0.3) is 0 Å². The minimum Gasteiger partial charge on any atom is -0.456 e. The van der Waals surface area contributed by atoms with Gasteiger partial charge in [0.1, 0.15) is 5.60 Å². The van der Waals surface area contributed by atoms with Gasteiger partial charge in [0.2, 0.25) is 0 Å². The lowest BCUT2D eigenvalue weighted by Crippen LogP contribution is -2.47. The van der Waals surface area contributed by atoms with Gasteiger partial charge in [0.25, 0.3) is 0 Å². The van der Waals surface area contributed by atoms with E-state index in [4.69, 9.17) is 4.74 Å². The molecule has 0 amide bonds. The molecule has 176 valence electrons. The maximum Gasteiger partial charge on any atom is 0.340 e. The molecule has 5 rings (SSSR count). The first kappa shape index (κ1) is 22.2. The van der Waals surface area contributed by atoms with E-state index in [0.29, 0.717) is 42.2 Å². The smallest absolute Gasteiger partial charge is 0.340 e. The summed E-state index contributed by atoms with van der Waals surface area (Å²) < 4.78 is 36.0. The van der Waals surface area contributed by atoms with Crippen molar-refractivity contribution in [3.8, 4) is 0 Å². The molecule has 0 saturated carbocycles. The molecular weight excluding hydrogens is 440 g/mol. The fraction of sp³-hybridized carbons (Fsp3) is 0.458. The average molecular weight is 471 g/mol. The molecule has 2 aromatic carbocycles. The Morgan fingerprint density at radius 3 is 2.48 bits per heavy atom. The number of hydrogen-bond donors (Lipinski definition) is 1. The van der Waals surface area contributed by atoms with Gasteiger partial charge in [-0.1, -0.05) is 24.3 Å². The minimum atomic E-state index is -3.93. The van der Waals surface area contributed by atoms with E-state index in [1.807, 2.05) is 6.07 Å². The number of carbonyl (C=O) groups is 1. The molecular formula is C24H30N4O4S. The first-order valence-electron chi connectivity index (χ1n) is 11.4. The van der Waals surface area contributed by atoms with Crippen molar-refractivity contribution >= 4 is 33.2 Å². The van der Waals surface area contributed by atoms with Gasteiger partial charge >= 0.3 is 16.2 Å². The monoisotopic (exact) mass is 470 g/mol. The summed E-state index contributed by atoms with van der Waals surface area (Å²) >= 11 is 0. The van der Waals surface area contributed by atoms with E-state index in [9.17, 15) is 13.2 Å². The lowest BCUT2D eigenvalue weighted by molar-refractivity contribution is 0.00706. The van der Waals surface area contributed by atoms with Crippen LogP contribution in [0.4, 0.5) is 17.1 Å². The molecule has 2 unspecified atom stereocenters. The molecule has 3 aliphatic heterocycles. The molecule has 0 aliphatic carbocycles. The third-order valence-electron chi connectivity index (χ3n) is 6.37. The third kappa shape index (κ3) is 3.98. The molecule has 3 heterocycles. The number of esters is 1. The van der Waals surface area contributed by atoms with Crippen molar-refractivity contribution in [2.45, 2.75) is 44.9 Å². The Balaban J connectivity index is 1.54. The van der Waals surface area contributed by atoms with E-state index in [-0.39, 0.29) is 5.56 Å². The summed E-state index contributed by atoms with van der Waals surface area (Å²) in [6, 6.07) is 15.0. The van der Waals surface area contributed by atoms with E-state index in [1.165, 1.54) is 8.61 Å². The predicted molar refractivity (Wildman–Crippen MR) is 128 cm³/mol. The van der Waals surface area contributed by atoms with Gasteiger partial charge in [-0.05, 0) is 51.5 Å². The van der Waals surface area contributed by atoms with Gasteiger partial charge in [-0.25, -0.2) is 13.4 Å². The third-order valence-corrected chi connectivity index (χ3v) is 8.16. The molecule has 9 heteroatoms. The average Bonchev–Trinajstić information content (AvgIpc) is 3.42. The van der Waals surface area contributed by atoms with Crippen molar-refractivity contribution in [1.82, 2.24) is 10.2 Å². The van der Waals surface area contributed by atoms with Gasteiger partial charge < -0.3 is 10.1 Å². The summed E-state index contributed by atoms with van der Waals surface area (Å²) in [5.74, 6) is -0.541. The lowest BCUT2D eigenvalue weighted by atomic mass is 10.1. The molecule has 0 radical (unpaired) electrons. The van der Waals surface area contributed by atoms with E-state index >= 15 is 0 Å². The van der Waals surface area contributed by atoms with Crippen LogP contribution in [0.1, 0.15) is 37.6 Å². The number of nitrogens with one attached hydrogen (secondary N) is 1. The van der Waals surface area contributed by atoms with Gasteiger partial charge in [0, 0.05) is 38.3 Å². The van der Waals surface area contributed by atoms with E-state index < -0.39 is 21.8 Å². The van der Waals surface area contributed by atoms with Gasteiger partial charge in [0.15, 0.2) is 0 Å². The molecule has 2 bridgehead atoms. The first-order chi connectivity index (χ1) is 15.6. The van der Waals surface area contributed by atoms with Crippen LogP contribution in [0.15, 0.2) is 48.5 Å². The fourth-order valence-electron chi connectivity index (χ4n) is 4.98. The van der Waals surface area contributed by atoms with Crippen LogP contribution >= 0.6 is 0 Å². The number of fused-ring (bicyclic) bond motifs is 3. The molecule has 8 nitrogen and oxygen atoms in total. The normalized spacial score (nSPS) is 23.7. The summed E-state index contributed by atoms with van der Waals surface area (Å²) in [6.45, 7) is 8.24. The number of para-hydroxylation sites is 2. The largest absolute Gasteiger partial charge is 0.456 e. The highest BCUT2D eigenvalue weighted by Gasteiger charge is 2.45. The number of anilines is 3. The second kappa shape index (κ2) is 8.00. The Bertz CT molecular complexity index is 1160. The Hall–Kier alpha value is -2.62. The number of ether oxygens (including phenoxy) is 1. The molecule has 0 aromatic heterocycles. The quantitative estimate of drug-likeness (QED) is 0.677. The number of carbonyl (C=O) groups excluding carboxylic acids is 1. The van der Waals surface area contributed by atoms with Crippen molar-refractivity contribution in [2.75, 3.05) is 34.8 Å². The van der Waals surface area contributed by atoms with Gasteiger partial charge in [-0.15, -0.1) is 0 Å². The number of rotatable bonds is 5. The highest BCUT2D eigenvalue weighted by molar-refractivity contribution is 7.95. The Morgan fingerprint density at radius 1 is 1.09 bits per heavy atom. The van der Waals surface area contributed by atoms with Crippen LogP contribution in [0.2, 0.25) is 0 Å². The maximum atomic E-state index is 13.8. The Morgan fingerprint density at radius 2 is 1.85 bits per heavy atom. The Labute approximate surface area is 195 Å². The van der Waals surface area contributed by atoms with Crippen LogP contribution in [0.5, 0.6) is 0 Å². The second-order valence-corrected chi connectivity index (χ2v) is 11.5. The molecule has 2 saturated heterocycles. The zero-order valence-corrected chi connectivity index (χ0v) is 20.0. The SMILES string of the molecule is CC(C)(C)OC(=O)c1cccc2c1N(c1ccccc1)S(=O)(=O)N2CCN1CC2CC1CN2. The number of hydrogen-bond acceptors (Lipinski definition) is 6. The number of benzene rings is 2. The van der Waals surface area contributed by atoms with Crippen LogP contribution in [0, 0.1) is 0 Å². The topological polar surface area (TPSA) is 82.2 Å². The van der Waals surface area contributed by atoms with Gasteiger partial charge in [0.05, 0.1) is 22.6 Å². The number of likely N-dealkylation sites (tertiary alicyclic amines) is 1. The Kier molecular flexibility index (Phi) is 5.38. The van der Waals surface area contributed by atoms with Crippen molar-refractivity contribution < 1.29 is 17.9 Å². The molecule has 33 heavy (non-hydrogen) atoms. The fourth-order valence-corrected chi connectivity index (χ4v) is 6.70. The molecule has 1 N–H and O–H groups in total. The zero-order valence-electron chi connectivity index (χ0n) is 19.2.